The van der Waals surface area contributed by atoms with Crippen molar-refractivity contribution in [1.29, 1.82) is 0 Å². The lowest BCUT2D eigenvalue weighted by atomic mass is 9.95. The van der Waals surface area contributed by atoms with Gasteiger partial charge in [-0.05, 0) is 80.0 Å². The lowest BCUT2D eigenvalue weighted by Gasteiger charge is -2.28. The summed E-state index contributed by atoms with van der Waals surface area (Å²) in [5, 5.41) is 3.23. The second-order valence-electron chi connectivity index (χ2n) is 11.2. The van der Waals surface area contributed by atoms with Crippen LogP contribution in [0.3, 0.4) is 0 Å². The van der Waals surface area contributed by atoms with E-state index in [1.54, 1.807) is 37.3 Å². The molecule has 1 atom stereocenters. The predicted molar refractivity (Wildman–Crippen MR) is 174 cm³/mol. The van der Waals surface area contributed by atoms with Crippen molar-refractivity contribution in [3.05, 3.63) is 117 Å². The highest BCUT2D eigenvalue weighted by atomic mass is 32.2. The number of carbonyl (C=O) groups excluding carboxylic acids is 3. The molecule has 0 unspecified atom stereocenters. The molecule has 1 aromatic heterocycles. The van der Waals surface area contributed by atoms with E-state index in [2.05, 4.69) is 5.32 Å². The third-order valence-electron chi connectivity index (χ3n) is 8.28. The Labute approximate surface area is 272 Å². The lowest BCUT2D eigenvalue weighted by Crippen LogP contribution is -2.35. The highest BCUT2D eigenvalue weighted by Crippen LogP contribution is 2.39. The van der Waals surface area contributed by atoms with Gasteiger partial charge in [0.15, 0.2) is 0 Å². The van der Waals surface area contributed by atoms with Gasteiger partial charge in [-0.2, -0.15) is 4.31 Å². The topological polar surface area (TPSA) is 119 Å². The quantitative estimate of drug-likeness (QED) is 0.216. The minimum Gasteiger partial charge on any atom is -0.462 e. The SMILES string of the molecule is CCOC(=O)c1c(NC(=O)[C@@H](OC(=O)c2ccc(S(=O)(=O)N3CCc4ccccc4C3)cc2)c2ccccc2)sc2c1CCCC2. The van der Waals surface area contributed by atoms with E-state index in [1.807, 2.05) is 24.3 Å². The van der Waals surface area contributed by atoms with Gasteiger partial charge < -0.3 is 14.8 Å². The van der Waals surface area contributed by atoms with Crippen LogP contribution in [-0.4, -0.2) is 43.7 Å². The maximum Gasteiger partial charge on any atom is 0.341 e. The van der Waals surface area contributed by atoms with Gasteiger partial charge in [0.05, 0.1) is 22.6 Å². The third kappa shape index (κ3) is 6.48. The van der Waals surface area contributed by atoms with Crippen LogP contribution in [0.4, 0.5) is 5.00 Å². The number of carbonyl (C=O) groups is 3. The maximum atomic E-state index is 13.8. The van der Waals surface area contributed by atoms with Gasteiger partial charge in [-0.25, -0.2) is 18.0 Å². The van der Waals surface area contributed by atoms with Crippen molar-refractivity contribution in [1.82, 2.24) is 4.31 Å². The van der Waals surface area contributed by atoms with Gasteiger partial charge in [0.2, 0.25) is 16.1 Å². The largest absolute Gasteiger partial charge is 0.462 e. The molecule has 1 aliphatic heterocycles. The summed E-state index contributed by atoms with van der Waals surface area (Å²) in [4.78, 5) is 41.2. The summed E-state index contributed by atoms with van der Waals surface area (Å²) in [5.74, 6) is -1.90. The Bertz CT molecular complexity index is 1870. The first-order chi connectivity index (χ1) is 22.3. The molecule has 0 spiro atoms. The molecule has 0 bridgehead atoms. The Morgan fingerprint density at radius 3 is 2.30 bits per heavy atom. The zero-order valence-electron chi connectivity index (χ0n) is 25.4. The normalized spacial score (nSPS) is 15.2. The molecule has 3 aromatic carbocycles. The Hall–Kier alpha value is -4.32. The molecule has 238 valence electrons. The second-order valence-corrected chi connectivity index (χ2v) is 14.2. The van der Waals surface area contributed by atoms with Crippen LogP contribution in [0.2, 0.25) is 0 Å². The average Bonchev–Trinajstić information content (AvgIpc) is 3.45. The van der Waals surface area contributed by atoms with E-state index in [-0.39, 0.29) is 23.6 Å². The molecule has 0 fully saturated rings. The number of amides is 1. The van der Waals surface area contributed by atoms with Gasteiger partial charge in [0, 0.05) is 23.5 Å². The van der Waals surface area contributed by atoms with Crippen LogP contribution in [0.25, 0.3) is 0 Å². The fourth-order valence-corrected chi connectivity index (χ4v) is 8.61. The van der Waals surface area contributed by atoms with Crippen molar-refractivity contribution < 1.29 is 32.3 Å². The van der Waals surface area contributed by atoms with Gasteiger partial charge in [-0.3, -0.25) is 4.79 Å². The van der Waals surface area contributed by atoms with Gasteiger partial charge >= 0.3 is 11.9 Å². The van der Waals surface area contributed by atoms with E-state index in [9.17, 15) is 22.8 Å². The number of sulfonamides is 1. The first-order valence-electron chi connectivity index (χ1n) is 15.3. The first kappa shape index (κ1) is 31.7. The van der Waals surface area contributed by atoms with Gasteiger partial charge in [0.1, 0.15) is 5.00 Å². The molecule has 0 radical (unpaired) electrons. The zero-order valence-corrected chi connectivity index (χ0v) is 27.0. The minimum atomic E-state index is -3.80. The Balaban J connectivity index is 1.21. The summed E-state index contributed by atoms with van der Waals surface area (Å²) < 4.78 is 39.4. The molecular weight excluding hydrogens is 625 g/mol. The zero-order chi connectivity index (χ0) is 32.3. The summed E-state index contributed by atoms with van der Waals surface area (Å²) in [6.07, 6.45) is 2.77. The number of thiophene rings is 1. The first-order valence-corrected chi connectivity index (χ1v) is 17.6. The van der Waals surface area contributed by atoms with E-state index in [0.29, 0.717) is 29.1 Å². The predicted octanol–water partition coefficient (Wildman–Crippen LogP) is 6.09. The number of nitrogens with one attached hydrogen (secondary N) is 1. The number of hydrogen-bond donors (Lipinski definition) is 1. The van der Waals surface area contributed by atoms with Gasteiger partial charge in [-0.1, -0.05) is 54.6 Å². The maximum absolute atomic E-state index is 13.8. The monoisotopic (exact) mass is 658 g/mol. The fraction of sp³-hybridized carbons (Fsp3) is 0.286. The van der Waals surface area contributed by atoms with E-state index in [4.69, 9.17) is 9.47 Å². The molecule has 9 nitrogen and oxygen atoms in total. The molecule has 4 aromatic rings. The molecule has 0 saturated heterocycles. The number of ether oxygens (including phenoxy) is 2. The van der Waals surface area contributed by atoms with Gasteiger partial charge in [-0.15, -0.1) is 11.3 Å². The van der Waals surface area contributed by atoms with Crippen molar-refractivity contribution in [2.75, 3.05) is 18.5 Å². The lowest BCUT2D eigenvalue weighted by molar-refractivity contribution is -0.125. The molecule has 1 N–H and O–H groups in total. The molecule has 6 rings (SSSR count). The number of nitrogens with zero attached hydrogens (tertiary/aromatic N) is 1. The fourth-order valence-electron chi connectivity index (χ4n) is 5.91. The van der Waals surface area contributed by atoms with Crippen LogP contribution in [0.15, 0.2) is 83.8 Å². The Kier molecular flexibility index (Phi) is 9.34. The standard InChI is InChI=1S/C35H34N2O7S2/c1-2-43-35(40)30-28-14-8-9-15-29(28)45-33(30)36-32(38)31(24-11-4-3-5-12-24)44-34(39)25-16-18-27(19-17-25)46(41,42)37-21-20-23-10-6-7-13-26(23)22-37/h3-7,10-13,16-19,31H,2,8-9,14-15,20-22H2,1H3,(H,36,38)/t31-/m0/s1. The van der Waals surface area contributed by atoms with Crippen LogP contribution in [0.5, 0.6) is 0 Å². The van der Waals surface area contributed by atoms with Gasteiger partial charge in [0.25, 0.3) is 5.91 Å². The van der Waals surface area contributed by atoms with E-state index in [0.717, 1.165) is 47.3 Å². The highest BCUT2D eigenvalue weighted by molar-refractivity contribution is 7.89. The number of hydrogen-bond acceptors (Lipinski definition) is 8. The molecule has 1 amide bonds. The second kappa shape index (κ2) is 13.6. The Morgan fingerprint density at radius 2 is 1.57 bits per heavy atom. The van der Waals surface area contributed by atoms with Crippen molar-refractivity contribution in [2.24, 2.45) is 0 Å². The van der Waals surface area contributed by atoms with Crippen LogP contribution in [0, 0.1) is 0 Å². The molecular formula is C35H34N2O7S2. The third-order valence-corrected chi connectivity index (χ3v) is 11.3. The van der Waals surface area contributed by atoms with Crippen LogP contribution in [0.1, 0.15) is 73.7 Å². The summed E-state index contributed by atoms with van der Waals surface area (Å²) in [6, 6.07) is 21.9. The summed E-state index contributed by atoms with van der Waals surface area (Å²) >= 11 is 1.35. The number of fused-ring (bicyclic) bond motifs is 2. The number of aryl methyl sites for hydroxylation is 1. The van der Waals surface area contributed by atoms with Crippen molar-refractivity contribution >= 4 is 44.2 Å². The summed E-state index contributed by atoms with van der Waals surface area (Å²) in [6.45, 7) is 2.57. The molecule has 2 heterocycles. The molecule has 2 aliphatic rings. The molecule has 46 heavy (non-hydrogen) atoms. The number of rotatable bonds is 9. The Morgan fingerprint density at radius 1 is 0.870 bits per heavy atom. The van der Waals surface area contributed by atoms with Crippen molar-refractivity contribution in [3.8, 4) is 0 Å². The number of anilines is 1. The highest BCUT2D eigenvalue weighted by Gasteiger charge is 2.32. The van der Waals surface area contributed by atoms with Crippen LogP contribution < -0.4 is 5.32 Å². The number of benzene rings is 3. The smallest absolute Gasteiger partial charge is 0.341 e. The van der Waals surface area contributed by atoms with E-state index in [1.165, 1.54) is 39.9 Å². The average molecular weight is 659 g/mol. The molecule has 11 heteroatoms. The summed E-state index contributed by atoms with van der Waals surface area (Å²) in [5.41, 5.74) is 3.91. The summed E-state index contributed by atoms with van der Waals surface area (Å²) in [7, 11) is -3.80. The van der Waals surface area contributed by atoms with Crippen LogP contribution >= 0.6 is 11.3 Å². The van der Waals surface area contributed by atoms with Crippen molar-refractivity contribution in [2.45, 2.75) is 56.6 Å². The van der Waals surface area contributed by atoms with Crippen LogP contribution in [-0.2, 0) is 50.1 Å². The molecule has 0 saturated carbocycles. The van der Waals surface area contributed by atoms with E-state index >= 15 is 0 Å². The van der Waals surface area contributed by atoms with Crippen molar-refractivity contribution in [3.63, 3.8) is 0 Å². The number of esters is 2. The minimum absolute atomic E-state index is 0.0638. The van der Waals surface area contributed by atoms with E-state index < -0.39 is 34.0 Å². The molecule has 1 aliphatic carbocycles.